The molecular weight excluding hydrogens is 727 g/mol. The van der Waals surface area contributed by atoms with E-state index in [1.54, 1.807) is 11.1 Å². The predicted molar refractivity (Wildman–Crippen MR) is 248 cm³/mol. The predicted octanol–water partition coefficient (Wildman–Crippen LogP) is 15.8. The van der Waals surface area contributed by atoms with E-state index in [4.69, 9.17) is 4.42 Å². The van der Waals surface area contributed by atoms with Crippen LogP contribution >= 0.6 is 0 Å². The van der Waals surface area contributed by atoms with Crippen LogP contribution in [0.4, 0.5) is 17.1 Å². The monoisotopic (exact) mass is 771 g/mol. The Bertz CT molecular complexity index is 2970. The molecule has 0 unspecified atom stereocenters. The van der Waals surface area contributed by atoms with Crippen molar-refractivity contribution in [3.8, 4) is 44.5 Å². The van der Waals surface area contributed by atoms with Crippen molar-refractivity contribution in [2.75, 3.05) is 4.90 Å². The van der Waals surface area contributed by atoms with Crippen LogP contribution in [0.25, 0.3) is 66.4 Å². The molecule has 4 saturated carbocycles. The zero-order valence-electron chi connectivity index (χ0n) is 33.6. The molecule has 0 saturated heterocycles. The molecule has 0 amide bonds. The number of anilines is 3. The van der Waals surface area contributed by atoms with Crippen LogP contribution in [0, 0.1) is 23.7 Å². The van der Waals surface area contributed by atoms with Crippen molar-refractivity contribution in [3.63, 3.8) is 0 Å². The highest BCUT2D eigenvalue weighted by Gasteiger charge is 2.61. The van der Waals surface area contributed by atoms with Gasteiger partial charge in [0.05, 0.1) is 0 Å². The average molecular weight is 772 g/mol. The third-order valence-corrected chi connectivity index (χ3v) is 15.1. The largest absolute Gasteiger partial charge is 0.456 e. The Balaban J connectivity index is 0.893. The number of furan rings is 1. The molecule has 5 aliphatic carbocycles. The second-order valence-electron chi connectivity index (χ2n) is 18.1. The quantitative estimate of drug-likeness (QED) is 0.167. The Labute approximate surface area is 351 Å². The summed E-state index contributed by atoms with van der Waals surface area (Å²) in [7, 11) is 0. The van der Waals surface area contributed by atoms with Gasteiger partial charge < -0.3 is 9.32 Å². The average Bonchev–Trinajstić information content (AvgIpc) is 3.82. The molecule has 0 N–H and O–H groups in total. The molecule has 2 nitrogen and oxygen atoms in total. The van der Waals surface area contributed by atoms with Crippen molar-refractivity contribution < 1.29 is 4.42 Å². The molecule has 5 aliphatic rings. The first-order valence-electron chi connectivity index (χ1n) is 22.0. The minimum Gasteiger partial charge on any atom is -0.456 e. The van der Waals surface area contributed by atoms with Crippen molar-refractivity contribution in [1.29, 1.82) is 0 Å². The number of fused-ring (bicyclic) bond motifs is 6. The van der Waals surface area contributed by atoms with E-state index in [9.17, 15) is 0 Å². The normalized spacial score (nSPS) is 22.1. The third-order valence-electron chi connectivity index (χ3n) is 15.1. The first-order valence-corrected chi connectivity index (χ1v) is 22.0. The summed E-state index contributed by atoms with van der Waals surface area (Å²) in [5.41, 5.74) is 18.8. The summed E-state index contributed by atoms with van der Waals surface area (Å²) < 4.78 is 6.70. The summed E-state index contributed by atoms with van der Waals surface area (Å²) in [6.07, 6.45) is 7.06. The molecule has 8 aromatic carbocycles. The van der Waals surface area contributed by atoms with Gasteiger partial charge in [-0.05, 0) is 172 Å². The Kier molecular flexibility index (Phi) is 7.52. The number of hydrogen-bond donors (Lipinski definition) is 0. The van der Waals surface area contributed by atoms with Gasteiger partial charge in [0.1, 0.15) is 11.2 Å². The van der Waals surface area contributed by atoms with Crippen LogP contribution in [-0.4, -0.2) is 0 Å². The standard InChI is InChI=1S/C58H45NO/c1-3-9-39(10-4-1)41-15-21-47(22-16-41)59(48-23-17-42(18-24-48)40-11-5-2-6-12-40)49-25-28-56-53(36-49)52-27-20-44(35-57(52)60-56)43-19-26-51-50-13-7-8-14-54(50)58(55(51)34-43)45-30-37-29-38(32-45)33-46(58)31-37/h1-28,34-38,45-46H,29-33H2. The lowest BCUT2D eigenvalue weighted by Crippen LogP contribution is -2.55. The molecule has 1 heterocycles. The molecule has 0 aliphatic heterocycles. The van der Waals surface area contributed by atoms with E-state index in [0.29, 0.717) is 0 Å². The maximum absolute atomic E-state index is 6.70. The molecule has 288 valence electrons. The Morgan fingerprint density at radius 1 is 0.367 bits per heavy atom. The second kappa shape index (κ2) is 13.2. The van der Waals surface area contributed by atoms with Gasteiger partial charge in [-0.3, -0.25) is 0 Å². The highest BCUT2D eigenvalue weighted by Crippen LogP contribution is 2.69. The maximum Gasteiger partial charge on any atom is 0.136 e. The lowest BCUT2D eigenvalue weighted by Gasteiger charge is -2.61. The Hall–Kier alpha value is -6.64. The highest BCUT2D eigenvalue weighted by molar-refractivity contribution is 6.07. The van der Waals surface area contributed by atoms with Gasteiger partial charge in [0.2, 0.25) is 0 Å². The van der Waals surface area contributed by atoms with Crippen LogP contribution in [0.2, 0.25) is 0 Å². The van der Waals surface area contributed by atoms with Gasteiger partial charge in [0.15, 0.2) is 0 Å². The lowest BCUT2D eigenvalue weighted by atomic mass is 9.43. The van der Waals surface area contributed by atoms with E-state index in [2.05, 4.69) is 193 Å². The minimum absolute atomic E-state index is 0.158. The molecule has 4 fully saturated rings. The molecule has 9 aromatic rings. The van der Waals surface area contributed by atoms with Crippen molar-refractivity contribution in [2.24, 2.45) is 23.7 Å². The highest BCUT2D eigenvalue weighted by atomic mass is 16.3. The fourth-order valence-corrected chi connectivity index (χ4v) is 12.7. The van der Waals surface area contributed by atoms with Gasteiger partial charge in [-0.2, -0.15) is 0 Å². The van der Waals surface area contributed by atoms with E-state index in [0.717, 1.165) is 62.7 Å². The summed E-state index contributed by atoms with van der Waals surface area (Å²) in [5.74, 6) is 3.37. The molecular formula is C58H45NO. The summed E-state index contributed by atoms with van der Waals surface area (Å²) in [6, 6.07) is 69.4. The van der Waals surface area contributed by atoms with Gasteiger partial charge >= 0.3 is 0 Å². The van der Waals surface area contributed by atoms with Crippen LogP contribution in [0.1, 0.15) is 43.2 Å². The fourth-order valence-electron chi connectivity index (χ4n) is 12.7. The second-order valence-corrected chi connectivity index (χ2v) is 18.1. The Morgan fingerprint density at radius 2 is 0.883 bits per heavy atom. The van der Waals surface area contributed by atoms with Crippen LogP contribution in [0.5, 0.6) is 0 Å². The van der Waals surface area contributed by atoms with Crippen molar-refractivity contribution in [3.05, 3.63) is 199 Å². The van der Waals surface area contributed by atoms with Gasteiger partial charge in [-0.15, -0.1) is 0 Å². The van der Waals surface area contributed by atoms with Crippen LogP contribution in [0.15, 0.2) is 192 Å². The third kappa shape index (κ3) is 5.13. The summed E-state index contributed by atoms with van der Waals surface area (Å²) in [6.45, 7) is 0. The maximum atomic E-state index is 6.70. The van der Waals surface area contributed by atoms with Crippen LogP contribution in [0.3, 0.4) is 0 Å². The van der Waals surface area contributed by atoms with Gasteiger partial charge in [-0.1, -0.05) is 127 Å². The van der Waals surface area contributed by atoms with E-state index in [1.165, 1.54) is 76.6 Å². The zero-order valence-corrected chi connectivity index (χ0v) is 33.6. The number of nitrogens with zero attached hydrogens (tertiary/aromatic N) is 1. The van der Waals surface area contributed by atoms with E-state index >= 15 is 0 Å². The first-order chi connectivity index (χ1) is 29.7. The van der Waals surface area contributed by atoms with Gasteiger partial charge in [0.25, 0.3) is 0 Å². The molecule has 1 spiro atoms. The molecule has 1 aromatic heterocycles. The van der Waals surface area contributed by atoms with Crippen LogP contribution < -0.4 is 4.90 Å². The molecule has 0 atom stereocenters. The molecule has 0 radical (unpaired) electrons. The lowest BCUT2D eigenvalue weighted by molar-refractivity contribution is -0.0399. The van der Waals surface area contributed by atoms with Crippen molar-refractivity contribution >= 4 is 39.0 Å². The number of hydrogen-bond acceptors (Lipinski definition) is 2. The molecule has 14 rings (SSSR count). The molecule has 2 heteroatoms. The van der Waals surface area contributed by atoms with Gasteiger partial charge in [0, 0.05) is 33.2 Å². The molecule has 60 heavy (non-hydrogen) atoms. The topological polar surface area (TPSA) is 16.4 Å². The SMILES string of the molecule is c1ccc(-c2ccc(N(c3ccc(-c4ccccc4)cc3)c3ccc4oc5cc(-c6ccc7c(c6)C6(c8ccccc8-7)C7CC8CC(C7)CC6C8)ccc5c4c3)cc2)cc1. The van der Waals surface area contributed by atoms with Crippen molar-refractivity contribution in [1.82, 2.24) is 0 Å². The van der Waals surface area contributed by atoms with Crippen LogP contribution in [-0.2, 0) is 5.41 Å². The summed E-state index contributed by atoms with van der Waals surface area (Å²) in [4.78, 5) is 2.36. The zero-order chi connectivity index (χ0) is 39.4. The van der Waals surface area contributed by atoms with Crippen molar-refractivity contribution in [2.45, 2.75) is 37.5 Å². The fraction of sp³-hybridized carbons (Fsp3) is 0.172. The number of benzene rings is 8. The van der Waals surface area contributed by atoms with E-state index in [1.807, 2.05) is 0 Å². The van der Waals surface area contributed by atoms with E-state index in [-0.39, 0.29) is 5.41 Å². The molecule has 4 bridgehead atoms. The number of rotatable bonds is 6. The summed E-state index contributed by atoms with van der Waals surface area (Å²) in [5, 5.41) is 2.26. The summed E-state index contributed by atoms with van der Waals surface area (Å²) >= 11 is 0. The smallest absolute Gasteiger partial charge is 0.136 e. The van der Waals surface area contributed by atoms with Gasteiger partial charge in [-0.25, -0.2) is 0 Å². The minimum atomic E-state index is 0.158. The Morgan fingerprint density at radius 3 is 1.53 bits per heavy atom. The van der Waals surface area contributed by atoms with E-state index < -0.39 is 0 Å². The first kappa shape index (κ1) is 34.2.